The van der Waals surface area contributed by atoms with Crippen LogP contribution < -0.4 is 0 Å². The van der Waals surface area contributed by atoms with Crippen LogP contribution in [0.4, 0.5) is 0 Å². The Labute approximate surface area is 72.1 Å². The van der Waals surface area contributed by atoms with E-state index in [0.717, 1.165) is 0 Å². The molecule has 1 aliphatic rings. The van der Waals surface area contributed by atoms with Crippen LogP contribution in [0.25, 0.3) is 0 Å². The third-order valence-corrected chi connectivity index (χ3v) is 1.90. The second-order valence-electron chi connectivity index (χ2n) is 2.51. The lowest BCUT2D eigenvalue weighted by Crippen LogP contribution is -2.34. The first-order valence-corrected chi connectivity index (χ1v) is 4.82. The van der Waals surface area contributed by atoms with Gasteiger partial charge in [-0.05, 0) is 26.2 Å². The average molecular weight is 160 g/mol. The summed E-state index contributed by atoms with van der Waals surface area (Å²) in [5.41, 5.74) is 0.264. The van der Waals surface area contributed by atoms with E-state index >= 15 is 0 Å². The molecule has 0 heterocycles. The van der Waals surface area contributed by atoms with Crippen LogP contribution in [-0.2, 0) is 4.74 Å². The number of methoxy groups -OCH3 is 1. The molecule has 1 aliphatic carbocycles. The van der Waals surface area contributed by atoms with Crippen molar-refractivity contribution in [1.29, 1.82) is 0 Å². The van der Waals surface area contributed by atoms with E-state index in [-0.39, 0.29) is 5.60 Å². The Balaban J connectivity index is 0. The van der Waals surface area contributed by atoms with Gasteiger partial charge < -0.3 is 4.74 Å². The van der Waals surface area contributed by atoms with Crippen LogP contribution in [0.3, 0.4) is 0 Å². The highest BCUT2D eigenvalue weighted by atomic mass is 16.5. The number of rotatable bonds is 1. The quantitative estimate of drug-likeness (QED) is 0.569. The minimum Gasteiger partial charge on any atom is -0.379 e. The molecule has 1 nitrogen and oxygen atoms in total. The zero-order chi connectivity index (χ0) is 9.33. The van der Waals surface area contributed by atoms with E-state index in [1.807, 2.05) is 27.7 Å². The molecule has 0 radical (unpaired) electrons. The zero-order valence-corrected chi connectivity index (χ0v) is 9.03. The number of hydrogen-bond acceptors (Lipinski definition) is 1. The summed E-state index contributed by atoms with van der Waals surface area (Å²) in [6.45, 7) is 10.2. The van der Waals surface area contributed by atoms with E-state index in [9.17, 15) is 0 Å². The van der Waals surface area contributed by atoms with Crippen LogP contribution in [0.5, 0.6) is 0 Å². The zero-order valence-electron chi connectivity index (χ0n) is 9.03. The Hall–Kier alpha value is -0.0400. The minimum atomic E-state index is 0.264. The van der Waals surface area contributed by atoms with Crippen molar-refractivity contribution in [2.24, 2.45) is 0 Å². The molecular formula is C10H24O. The summed E-state index contributed by atoms with van der Waals surface area (Å²) >= 11 is 0. The van der Waals surface area contributed by atoms with E-state index < -0.39 is 0 Å². The van der Waals surface area contributed by atoms with Gasteiger partial charge in [-0.1, -0.05) is 27.7 Å². The molecule has 0 atom stereocenters. The second-order valence-corrected chi connectivity index (χ2v) is 2.51. The van der Waals surface area contributed by atoms with E-state index in [4.69, 9.17) is 4.74 Å². The molecule has 1 heteroatoms. The highest BCUT2D eigenvalue weighted by Gasteiger charge is 2.30. The molecule has 0 N–H and O–H groups in total. The fourth-order valence-corrected chi connectivity index (χ4v) is 0.879. The van der Waals surface area contributed by atoms with E-state index in [0.29, 0.717) is 0 Å². The van der Waals surface area contributed by atoms with Gasteiger partial charge in [0.15, 0.2) is 0 Å². The van der Waals surface area contributed by atoms with Crippen LogP contribution in [0.2, 0.25) is 0 Å². The minimum absolute atomic E-state index is 0.264. The number of hydrogen-bond donors (Lipinski definition) is 0. The molecule has 70 valence electrons. The Bertz CT molecular complexity index is 59.8. The molecule has 0 aliphatic heterocycles. The van der Waals surface area contributed by atoms with Gasteiger partial charge >= 0.3 is 0 Å². The molecule has 0 aromatic heterocycles. The summed E-state index contributed by atoms with van der Waals surface area (Å²) in [5.74, 6) is 0. The van der Waals surface area contributed by atoms with Crippen LogP contribution in [-0.4, -0.2) is 12.7 Å². The maximum Gasteiger partial charge on any atom is 0.0650 e. The van der Waals surface area contributed by atoms with Gasteiger partial charge in [0.1, 0.15) is 0 Å². The van der Waals surface area contributed by atoms with E-state index in [2.05, 4.69) is 6.92 Å². The van der Waals surface area contributed by atoms with Gasteiger partial charge in [0.25, 0.3) is 0 Å². The normalized spacial score (nSPS) is 18.0. The van der Waals surface area contributed by atoms with Crippen molar-refractivity contribution < 1.29 is 4.74 Å². The molecule has 0 amide bonds. The van der Waals surface area contributed by atoms with Gasteiger partial charge in [-0.25, -0.2) is 0 Å². The summed E-state index contributed by atoms with van der Waals surface area (Å²) in [7, 11) is 1.79. The van der Waals surface area contributed by atoms with Crippen molar-refractivity contribution in [2.45, 2.75) is 59.5 Å². The van der Waals surface area contributed by atoms with Gasteiger partial charge in [0.2, 0.25) is 0 Å². The summed E-state index contributed by atoms with van der Waals surface area (Å²) < 4.78 is 5.17. The van der Waals surface area contributed by atoms with E-state index in [1.165, 1.54) is 19.3 Å². The van der Waals surface area contributed by atoms with Crippen molar-refractivity contribution in [2.75, 3.05) is 7.11 Å². The highest BCUT2D eigenvalue weighted by Crippen LogP contribution is 2.33. The first kappa shape index (κ1) is 13.5. The molecule has 0 bridgehead atoms. The standard InChI is InChI=1S/C6H12O.2C2H6/c1-6(7-2)4-3-5-6;2*1-2/h3-5H2,1-2H3;2*1-2H3. The molecule has 1 fully saturated rings. The molecule has 1 saturated carbocycles. The SMILES string of the molecule is CC.CC.COC1(C)CCC1. The maximum atomic E-state index is 5.17. The monoisotopic (exact) mass is 160 g/mol. The smallest absolute Gasteiger partial charge is 0.0650 e. The molecule has 0 unspecified atom stereocenters. The van der Waals surface area contributed by atoms with Crippen molar-refractivity contribution >= 4 is 0 Å². The molecule has 11 heavy (non-hydrogen) atoms. The summed E-state index contributed by atoms with van der Waals surface area (Å²) in [4.78, 5) is 0. The third kappa shape index (κ3) is 5.25. The molecule has 0 spiro atoms. The van der Waals surface area contributed by atoms with Crippen molar-refractivity contribution in [3.63, 3.8) is 0 Å². The number of ether oxygens (including phenoxy) is 1. The Morgan fingerprint density at radius 1 is 1.00 bits per heavy atom. The van der Waals surface area contributed by atoms with Crippen molar-refractivity contribution in [1.82, 2.24) is 0 Å². The molecule has 0 aromatic rings. The van der Waals surface area contributed by atoms with Crippen molar-refractivity contribution in [3.05, 3.63) is 0 Å². The predicted octanol–water partition coefficient (Wildman–Crippen LogP) is 3.63. The highest BCUT2D eigenvalue weighted by molar-refractivity contribution is 4.83. The lowest BCUT2D eigenvalue weighted by atomic mass is 9.82. The molecular weight excluding hydrogens is 136 g/mol. The van der Waals surface area contributed by atoms with Crippen LogP contribution >= 0.6 is 0 Å². The summed E-state index contributed by atoms with van der Waals surface area (Å²) in [6.07, 6.45) is 3.86. The van der Waals surface area contributed by atoms with Gasteiger partial charge in [-0.3, -0.25) is 0 Å². The van der Waals surface area contributed by atoms with Crippen LogP contribution in [0, 0.1) is 0 Å². The summed E-state index contributed by atoms with van der Waals surface area (Å²) in [6, 6.07) is 0. The molecule has 0 aromatic carbocycles. The average Bonchev–Trinajstić information content (AvgIpc) is 2.08. The fraction of sp³-hybridized carbons (Fsp3) is 1.00. The maximum absolute atomic E-state index is 5.17. The van der Waals surface area contributed by atoms with Gasteiger partial charge in [-0.15, -0.1) is 0 Å². The lowest BCUT2D eigenvalue weighted by molar-refractivity contribution is -0.0555. The predicted molar refractivity (Wildman–Crippen MR) is 52.0 cm³/mol. The van der Waals surface area contributed by atoms with Gasteiger partial charge in [-0.2, -0.15) is 0 Å². The first-order chi connectivity index (χ1) is 5.27. The topological polar surface area (TPSA) is 9.23 Å². The third-order valence-electron chi connectivity index (χ3n) is 1.90. The first-order valence-electron chi connectivity index (χ1n) is 4.82. The second kappa shape index (κ2) is 8.06. The molecule has 0 saturated heterocycles. The Morgan fingerprint density at radius 2 is 1.36 bits per heavy atom. The molecule has 1 rings (SSSR count). The fourth-order valence-electron chi connectivity index (χ4n) is 0.879. The lowest BCUT2D eigenvalue weighted by Gasteiger charge is -2.36. The van der Waals surface area contributed by atoms with Gasteiger partial charge in [0.05, 0.1) is 5.60 Å². The Morgan fingerprint density at radius 3 is 1.36 bits per heavy atom. The van der Waals surface area contributed by atoms with Crippen LogP contribution in [0.1, 0.15) is 53.9 Å². The van der Waals surface area contributed by atoms with Crippen LogP contribution in [0.15, 0.2) is 0 Å². The Kier molecular flexibility index (Phi) is 9.92. The summed E-state index contributed by atoms with van der Waals surface area (Å²) in [5, 5.41) is 0. The van der Waals surface area contributed by atoms with E-state index in [1.54, 1.807) is 7.11 Å². The van der Waals surface area contributed by atoms with Gasteiger partial charge in [0, 0.05) is 7.11 Å². The van der Waals surface area contributed by atoms with Crippen molar-refractivity contribution in [3.8, 4) is 0 Å². The largest absolute Gasteiger partial charge is 0.379 e.